The Kier molecular flexibility index (Phi) is 6.51. The molecule has 24 heavy (non-hydrogen) atoms. The van der Waals surface area contributed by atoms with E-state index in [4.69, 9.17) is 10.00 Å². The molecule has 0 aliphatic heterocycles. The van der Waals surface area contributed by atoms with Crippen LogP contribution in [-0.2, 0) is 12.8 Å². The van der Waals surface area contributed by atoms with Gasteiger partial charge in [-0.3, -0.25) is 0 Å². The summed E-state index contributed by atoms with van der Waals surface area (Å²) in [5.74, 6) is -0.812. The van der Waals surface area contributed by atoms with Crippen LogP contribution in [0, 0.1) is 23.0 Å². The quantitative estimate of drug-likeness (QED) is 0.531. The normalized spacial score (nSPS) is 10.8. The minimum atomic E-state index is -0.808. The van der Waals surface area contributed by atoms with Crippen molar-refractivity contribution in [2.24, 2.45) is 0 Å². The zero-order valence-corrected chi connectivity index (χ0v) is 13.6. The van der Waals surface area contributed by atoms with E-state index in [1.54, 1.807) is 0 Å². The van der Waals surface area contributed by atoms with E-state index in [-0.39, 0.29) is 0 Å². The number of hydrogen-bond acceptors (Lipinski definition) is 2. The van der Waals surface area contributed by atoms with Crippen molar-refractivity contribution >= 4 is 0 Å². The third-order valence-corrected chi connectivity index (χ3v) is 3.63. The second-order valence-electron chi connectivity index (χ2n) is 5.40. The van der Waals surface area contributed by atoms with Crippen molar-refractivity contribution in [2.45, 2.75) is 26.2 Å². The third-order valence-electron chi connectivity index (χ3n) is 3.63. The Morgan fingerprint density at radius 2 is 1.67 bits per heavy atom. The van der Waals surface area contributed by atoms with Gasteiger partial charge in [-0.1, -0.05) is 24.3 Å². The molecule has 0 radical (unpaired) electrons. The lowest BCUT2D eigenvalue weighted by Gasteiger charge is -2.07. The zero-order valence-electron chi connectivity index (χ0n) is 13.6. The summed E-state index contributed by atoms with van der Waals surface area (Å²) in [5, 5.41) is 8.67. The van der Waals surface area contributed by atoms with Crippen molar-refractivity contribution in [1.82, 2.24) is 0 Å². The lowest BCUT2D eigenvalue weighted by atomic mass is 10.0. The Hall–Kier alpha value is -2.67. The van der Waals surface area contributed by atoms with Crippen LogP contribution in [0.25, 0.3) is 0 Å². The minimum Gasteiger partial charge on any atom is -0.493 e. The van der Waals surface area contributed by atoms with Crippen molar-refractivity contribution < 1.29 is 13.5 Å². The van der Waals surface area contributed by atoms with E-state index in [1.807, 2.05) is 43.3 Å². The molecule has 124 valence electrons. The van der Waals surface area contributed by atoms with Gasteiger partial charge in [-0.05, 0) is 61.6 Å². The molecule has 0 aromatic heterocycles. The van der Waals surface area contributed by atoms with Crippen LogP contribution in [0.3, 0.4) is 0 Å². The molecule has 0 unspecified atom stereocenters. The number of aryl methyl sites for hydroxylation is 2. The van der Waals surface area contributed by atoms with Crippen molar-refractivity contribution in [2.75, 3.05) is 6.61 Å². The largest absolute Gasteiger partial charge is 0.493 e. The fourth-order valence-electron chi connectivity index (χ4n) is 2.33. The molecule has 2 rings (SSSR count). The number of nitrogens with zero attached hydrogens (tertiary/aromatic N) is 1. The van der Waals surface area contributed by atoms with Gasteiger partial charge in [0.1, 0.15) is 29.0 Å². The Bertz CT molecular complexity index is 722. The molecule has 0 saturated heterocycles. The van der Waals surface area contributed by atoms with Gasteiger partial charge in [0.2, 0.25) is 0 Å². The molecule has 0 spiro atoms. The van der Waals surface area contributed by atoms with E-state index in [0.717, 1.165) is 17.7 Å². The highest BCUT2D eigenvalue weighted by atomic mass is 19.1. The Morgan fingerprint density at radius 3 is 2.25 bits per heavy atom. The molecule has 0 aliphatic carbocycles. The van der Waals surface area contributed by atoms with Gasteiger partial charge in [0.25, 0.3) is 0 Å². The summed E-state index contributed by atoms with van der Waals surface area (Å²) in [6.45, 7) is 2.61. The van der Waals surface area contributed by atoms with E-state index < -0.39 is 17.2 Å². The molecule has 2 aromatic rings. The number of nitriles is 1. The summed E-state index contributed by atoms with van der Waals surface area (Å²) in [6.07, 6.45) is 6.06. The fourth-order valence-corrected chi connectivity index (χ4v) is 2.33. The molecule has 0 fully saturated rings. The maximum atomic E-state index is 13.6. The number of allylic oxidation sites excluding steroid dienone is 1. The van der Waals surface area contributed by atoms with Gasteiger partial charge >= 0.3 is 0 Å². The van der Waals surface area contributed by atoms with Gasteiger partial charge in [-0.2, -0.15) is 5.26 Å². The van der Waals surface area contributed by atoms with Crippen LogP contribution in [0.2, 0.25) is 0 Å². The monoisotopic (exact) mass is 327 g/mol. The number of rotatable bonds is 7. The summed E-state index contributed by atoms with van der Waals surface area (Å²) in [4.78, 5) is 0. The van der Waals surface area contributed by atoms with Crippen LogP contribution in [0.4, 0.5) is 8.78 Å². The Balaban J connectivity index is 1.92. The first-order chi connectivity index (χ1) is 11.6. The van der Waals surface area contributed by atoms with E-state index >= 15 is 0 Å². The third kappa shape index (κ3) is 4.92. The van der Waals surface area contributed by atoms with Crippen LogP contribution < -0.4 is 4.74 Å². The van der Waals surface area contributed by atoms with Crippen molar-refractivity contribution in [3.05, 3.63) is 76.9 Å². The molecule has 2 nitrogen and oxygen atoms in total. The average molecular weight is 327 g/mol. The summed E-state index contributed by atoms with van der Waals surface area (Å²) in [5.41, 5.74) is 1.06. The Morgan fingerprint density at radius 1 is 1.04 bits per heavy atom. The minimum absolute atomic E-state index is 0.501. The average Bonchev–Trinajstić information content (AvgIpc) is 2.58. The second kappa shape index (κ2) is 8.83. The number of hydrogen-bond donors (Lipinski definition) is 0. The van der Waals surface area contributed by atoms with E-state index in [0.29, 0.717) is 25.0 Å². The standard InChI is InChI=1S/C20H19F2NO/c1-2-3-4-11-24-17-9-7-15(8-10-17)5-6-16-12-19(21)18(14-23)20(22)13-16/h2-3,7-10,12-13H,4-6,11H2,1H3/b3-2+. The first-order valence-electron chi connectivity index (χ1n) is 7.85. The molecule has 0 bridgehead atoms. The van der Waals surface area contributed by atoms with E-state index in [1.165, 1.54) is 18.2 Å². The Labute approximate surface area is 141 Å². The molecule has 2 aromatic carbocycles. The first-order valence-corrected chi connectivity index (χ1v) is 7.85. The predicted octanol–water partition coefficient (Wildman–Crippen LogP) is 4.97. The molecule has 0 aliphatic rings. The van der Waals surface area contributed by atoms with Crippen LogP contribution >= 0.6 is 0 Å². The van der Waals surface area contributed by atoms with E-state index in [9.17, 15) is 8.78 Å². The second-order valence-corrected chi connectivity index (χ2v) is 5.40. The molecule has 0 atom stereocenters. The van der Waals surface area contributed by atoms with Gasteiger partial charge in [0, 0.05) is 0 Å². The first kappa shape index (κ1) is 17.7. The van der Waals surface area contributed by atoms with Crippen molar-refractivity contribution in [3.8, 4) is 11.8 Å². The highest BCUT2D eigenvalue weighted by Crippen LogP contribution is 2.18. The van der Waals surface area contributed by atoms with Crippen molar-refractivity contribution in [3.63, 3.8) is 0 Å². The summed E-state index contributed by atoms with van der Waals surface area (Å²) >= 11 is 0. The molecule has 0 N–H and O–H groups in total. The van der Waals surface area contributed by atoms with Crippen LogP contribution in [-0.4, -0.2) is 6.61 Å². The molecular weight excluding hydrogens is 308 g/mol. The summed E-state index contributed by atoms with van der Waals surface area (Å²) in [7, 11) is 0. The van der Waals surface area contributed by atoms with Crippen LogP contribution in [0.1, 0.15) is 30.0 Å². The fraction of sp³-hybridized carbons (Fsp3) is 0.250. The smallest absolute Gasteiger partial charge is 0.144 e. The zero-order chi connectivity index (χ0) is 17.4. The molecule has 4 heteroatoms. The number of ether oxygens (including phenoxy) is 1. The van der Waals surface area contributed by atoms with Crippen LogP contribution in [0.15, 0.2) is 48.6 Å². The molecule has 0 amide bonds. The van der Waals surface area contributed by atoms with E-state index in [2.05, 4.69) is 0 Å². The lowest BCUT2D eigenvalue weighted by molar-refractivity contribution is 0.325. The van der Waals surface area contributed by atoms with Gasteiger partial charge < -0.3 is 4.74 Å². The summed E-state index contributed by atoms with van der Waals surface area (Å²) < 4.78 is 32.8. The lowest BCUT2D eigenvalue weighted by Crippen LogP contribution is -1.98. The maximum absolute atomic E-state index is 13.6. The highest BCUT2D eigenvalue weighted by Gasteiger charge is 2.10. The SMILES string of the molecule is C/C=C/CCOc1ccc(CCc2cc(F)c(C#N)c(F)c2)cc1. The van der Waals surface area contributed by atoms with Crippen LogP contribution in [0.5, 0.6) is 5.75 Å². The topological polar surface area (TPSA) is 33.0 Å². The molecule has 0 saturated carbocycles. The van der Waals surface area contributed by atoms with Gasteiger partial charge in [0.05, 0.1) is 6.61 Å². The predicted molar refractivity (Wildman–Crippen MR) is 89.8 cm³/mol. The molecule has 0 heterocycles. The maximum Gasteiger partial charge on any atom is 0.144 e. The van der Waals surface area contributed by atoms with Gasteiger partial charge in [-0.25, -0.2) is 8.78 Å². The number of benzene rings is 2. The summed E-state index contributed by atoms with van der Waals surface area (Å²) in [6, 6.07) is 11.7. The highest BCUT2D eigenvalue weighted by molar-refractivity contribution is 5.36. The van der Waals surface area contributed by atoms with Gasteiger partial charge in [0.15, 0.2) is 0 Å². The molecular formula is C20H19F2NO. The number of halogens is 2. The van der Waals surface area contributed by atoms with Gasteiger partial charge in [-0.15, -0.1) is 0 Å². The van der Waals surface area contributed by atoms with Crippen molar-refractivity contribution in [1.29, 1.82) is 5.26 Å².